The first-order chi connectivity index (χ1) is 9.40. The Morgan fingerprint density at radius 3 is 2.35 bits per heavy atom. The number of phenolic OH excluding ortho intramolecular Hbond substituents is 1. The highest BCUT2D eigenvalue weighted by Crippen LogP contribution is 2.25. The Kier molecular flexibility index (Phi) is 3.76. The van der Waals surface area contributed by atoms with Gasteiger partial charge in [-0.05, 0) is 31.2 Å². The number of phenols is 1. The summed E-state index contributed by atoms with van der Waals surface area (Å²) in [6.45, 7) is 1.33. The van der Waals surface area contributed by atoms with Gasteiger partial charge in [0, 0.05) is 11.6 Å². The van der Waals surface area contributed by atoms with Gasteiger partial charge in [-0.15, -0.1) is 0 Å². The molecule has 0 bridgehead atoms. The second-order valence-electron chi connectivity index (χ2n) is 4.20. The zero-order valence-corrected chi connectivity index (χ0v) is 11.5. The van der Waals surface area contributed by atoms with Gasteiger partial charge in [-0.3, -0.25) is 9.52 Å². The maximum absolute atomic E-state index is 12.2. The molecule has 0 amide bonds. The molecule has 0 unspecified atom stereocenters. The molecule has 0 spiro atoms. The predicted molar refractivity (Wildman–Crippen MR) is 75.4 cm³/mol. The number of Topliss-reactive ketones (excluding diaryl/α,β-unsaturated/α-hetero) is 1. The molecule has 2 aromatic rings. The summed E-state index contributed by atoms with van der Waals surface area (Å²) < 4.78 is 26.7. The van der Waals surface area contributed by atoms with Crippen LogP contribution in [0.25, 0.3) is 0 Å². The summed E-state index contributed by atoms with van der Waals surface area (Å²) in [5.74, 6) is -0.420. The third-order valence-electron chi connectivity index (χ3n) is 2.68. The second-order valence-corrected chi connectivity index (χ2v) is 5.89. The smallest absolute Gasteiger partial charge is 0.261 e. The Morgan fingerprint density at radius 2 is 1.75 bits per heavy atom. The molecular formula is C14H13NO4S. The fourth-order valence-corrected chi connectivity index (χ4v) is 2.82. The molecule has 5 nitrogen and oxygen atoms in total. The topological polar surface area (TPSA) is 83.5 Å². The summed E-state index contributed by atoms with van der Waals surface area (Å²) in [5.41, 5.74) is 0.253. The predicted octanol–water partition coefficient (Wildman–Crippen LogP) is 2.40. The van der Waals surface area contributed by atoms with E-state index in [9.17, 15) is 18.3 Å². The fourth-order valence-electron chi connectivity index (χ4n) is 1.73. The number of carbonyl (C=O) groups is 1. The molecule has 0 atom stereocenters. The quantitative estimate of drug-likeness (QED) is 0.847. The van der Waals surface area contributed by atoms with Gasteiger partial charge in [-0.1, -0.05) is 18.2 Å². The van der Waals surface area contributed by atoms with Crippen LogP contribution >= 0.6 is 0 Å². The van der Waals surface area contributed by atoms with E-state index in [0.717, 1.165) is 0 Å². The van der Waals surface area contributed by atoms with Gasteiger partial charge in [0.25, 0.3) is 10.0 Å². The Hall–Kier alpha value is -2.34. The van der Waals surface area contributed by atoms with Crippen molar-refractivity contribution in [2.75, 3.05) is 4.72 Å². The molecular weight excluding hydrogens is 278 g/mol. The van der Waals surface area contributed by atoms with Crippen molar-refractivity contribution in [3.05, 3.63) is 54.1 Å². The maximum Gasteiger partial charge on any atom is 0.261 e. The van der Waals surface area contributed by atoms with Crippen LogP contribution in [-0.2, 0) is 10.0 Å². The summed E-state index contributed by atoms with van der Waals surface area (Å²) >= 11 is 0. The van der Waals surface area contributed by atoms with Crippen molar-refractivity contribution in [3.8, 4) is 5.75 Å². The highest BCUT2D eigenvalue weighted by Gasteiger charge is 2.17. The molecule has 6 heteroatoms. The number of nitrogens with one attached hydrogen (secondary N) is 1. The van der Waals surface area contributed by atoms with E-state index in [1.807, 2.05) is 0 Å². The normalized spacial score (nSPS) is 11.1. The molecule has 0 aromatic heterocycles. The van der Waals surface area contributed by atoms with E-state index in [-0.39, 0.29) is 27.7 Å². The molecule has 0 aliphatic heterocycles. The molecule has 104 valence electrons. The highest BCUT2D eigenvalue weighted by molar-refractivity contribution is 7.92. The van der Waals surface area contributed by atoms with Crippen LogP contribution in [0, 0.1) is 0 Å². The van der Waals surface area contributed by atoms with Crippen molar-refractivity contribution in [2.45, 2.75) is 11.8 Å². The third-order valence-corrected chi connectivity index (χ3v) is 4.06. The molecule has 0 fully saturated rings. The van der Waals surface area contributed by atoms with Gasteiger partial charge >= 0.3 is 0 Å². The number of benzene rings is 2. The van der Waals surface area contributed by atoms with E-state index < -0.39 is 10.0 Å². The molecule has 20 heavy (non-hydrogen) atoms. The van der Waals surface area contributed by atoms with Gasteiger partial charge in [0.15, 0.2) is 5.78 Å². The average Bonchev–Trinajstić information content (AvgIpc) is 2.39. The lowest BCUT2D eigenvalue weighted by Crippen LogP contribution is -2.15. The minimum atomic E-state index is -3.80. The highest BCUT2D eigenvalue weighted by atomic mass is 32.2. The average molecular weight is 291 g/mol. The second kappa shape index (κ2) is 5.34. The molecule has 0 heterocycles. The number of rotatable bonds is 4. The van der Waals surface area contributed by atoms with E-state index in [1.54, 1.807) is 18.2 Å². The SMILES string of the molecule is CC(=O)c1ccc(O)cc1NS(=O)(=O)c1ccccc1. The van der Waals surface area contributed by atoms with E-state index >= 15 is 0 Å². The largest absolute Gasteiger partial charge is 0.508 e. The lowest BCUT2D eigenvalue weighted by atomic mass is 10.1. The Bertz CT molecular complexity index is 739. The molecule has 0 radical (unpaired) electrons. The number of anilines is 1. The van der Waals surface area contributed by atoms with Crippen LogP contribution in [0.2, 0.25) is 0 Å². The van der Waals surface area contributed by atoms with E-state index in [2.05, 4.69) is 4.72 Å². The van der Waals surface area contributed by atoms with Crippen LogP contribution < -0.4 is 4.72 Å². The minimum Gasteiger partial charge on any atom is -0.508 e. The van der Waals surface area contributed by atoms with Crippen LogP contribution in [-0.4, -0.2) is 19.3 Å². The number of carbonyl (C=O) groups excluding carboxylic acids is 1. The number of ketones is 1. The van der Waals surface area contributed by atoms with Gasteiger partial charge < -0.3 is 5.11 Å². The van der Waals surface area contributed by atoms with Crippen LogP contribution in [0.1, 0.15) is 17.3 Å². The molecule has 0 saturated carbocycles. The van der Waals surface area contributed by atoms with Gasteiger partial charge in [-0.2, -0.15) is 0 Å². The molecule has 0 saturated heterocycles. The lowest BCUT2D eigenvalue weighted by Gasteiger charge is -2.11. The van der Waals surface area contributed by atoms with Crippen molar-refractivity contribution in [3.63, 3.8) is 0 Å². The van der Waals surface area contributed by atoms with Crippen molar-refractivity contribution in [2.24, 2.45) is 0 Å². The fraction of sp³-hybridized carbons (Fsp3) is 0.0714. The standard InChI is InChI=1S/C14H13NO4S/c1-10(16)13-8-7-11(17)9-14(13)15-20(18,19)12-5-3-2-4-6-12/h2-9,15,17H,1H3. The summed E-state index contributed by atoms with van der Waals surface area (Å²) in [6.07, 6.45) is 0. The number of hydrogen-bond donors (Lipinski definition) is 2. The first-order valence-corrected chi connectivity index (χ1v) is 7.30. The minimum absolute atomic E-state index is 0.0568. The van der Waals surface area contributed by atoms with E-state index in [4.69, 9.17) is 0 Å². The molecule has 0 aliphatic rings. The van der Waals surface area contributed by atoms with Crippen LogP contribution in [0.4, 0.5) is 5.69 Å². The molecule has 0 aliphatic carbocycles. The number of sulfonamides is 1. The zero-order chi connectivity index (χ0) is 14.8. The van der Waals surface area contributed by atoms with Crippen molar-refractivity contribution >= 4 is 21.5 Å². The molecule has 2 rings (SSSR count). The van der Waals surface area contributed by atoms with Gasteiger partial charge in [-0.25, -0.2) is 8.42 Å². The van der Waals surface area contributed by atoms with Gasteiger partial charge in [0.1, 0.15) is 5.75 Å². The Balaban J connectivity index is 2.44. The van der Waals surface area contributed by atoms with Crippen molar-refractivity contribution in [1.82, 2.24) is 0 Å². The maximum atomic E-state index is 12.2. The van der Waals surface area contributed by atoms with Gasteiger partial charge in [0.05, 0.1) is 10.6 Å². The van der Waals surface area contributed by atoms with Crippen molar-refractivity contribution in [1.29, 1.82) is 0 Å². The monoisotopic (exact) mass is 291 g/mol. The van der Waals surface area contributed by atoms with Crippen molar-refractivity contribution < 1.29 is 18.3 Å². The zero-order valence-electron chi connectivity index (χ0n) is 10.7. The van der Waals surface area contributed by atoms with E-state index in [0.29, 0.717) is 0 Å². The third kappa shape index (κ3) is 2.97. The Labute approximate surface area is 116 Å². The summed E-state index contributed by atoms with van der Waals surface area (Å²) in [4.78, 5) is 11.6. The Morgan fingerprint density at radius 1 is 1.10 bits per heavy atom. The first kappa shape index (κ1) is 14.1. The van der Waals surface area contributed by atoms with Crippen LogP contribution in [0.15, 0.2) is 53.4 Å². The number of hydrogen-bond acceptors (Lipinski definition) is 4. The number of aromatic hydroxyl groups is 1. The summed E-state index contributed by atoms with van der Waals surface area (Å²) in [6, 6.07) is 11.7. The van der Waals surface area contributed by atoms with Crippen LogP contribution in [0.5, 0.6) is 5.75 Å². The summed E-state index contributed by atoms with van der Waals surface area (Å²) in [5, 5.41) is 9.44. The van der Waals surface area contributed by atoms with E-state index in [1.165, 1.54) is 37.3 Å². The molecule has 2 aromatic carbocycles. The lowest BCUT2D eigenvalue weighted by molar-refractivity contribution is 0.101. The first-order valence-electron chi connectivity index (χ1n) is 5.82. The van der Waals surface area contributed by atoms with Gasteiger partial charge in [0.2, 0.25) is 0 Å². The molecule has 2 N–H and O–H groups in total. The summed E-state index contributed by atoms with van der Waals surface area (Å²) in [7, 11) is -3.80. The van der Waals surface area contributed by atoms with Crippen LogP contribution in [0.3, 0.4) is 0 Å².